The van der Waals surface area contributed by atoms with Gasteiger partial charge in [-0.15, -0.1) is 0 Å². The number of ether oxygens (including phenoxy) is 1. The Morgan fingerprint density at radius 1 is 1.69 bits per heavy atom. The number of esters is 1. The third-order valence-electron chi connectivity index (χ3n) is 1.61. The summed E-state index contributed by atoms with van der Waals surface area (Å²) < 4.78 is 4.52. The van der Waals surface area contributed by atoms with E-state index in [0.717, 1.165) is 5.56 Å². The van der Waals surface area contributed by atoms with Gasteiger partial charge >= 0.3 is 5.97 Å². The molecular weight excluding hydrogens is 190 g/mol. The fourth-order valence-electron chi connectivity index (χ4n) is 0.965. The molecular formula is C9H10ClNO2. The van der Waals surface area contributed by atoms with E-state index in [-0.39, 0.29) is 12.4 Å². The third kappa shape index (κ3) is 2.70. The minimum atomic E-state index is -0.311. The lowest BCUT2D eigenvalue weighted by molar-refractivity contribution is -0.139. The van der Waals surface area contributed by atoms with Crippen LogP contribution >= 0.6 is 11.6 Å². The Labute approximate surface area is 81.7 Å². The normalized spacial score (nSPS) is 9.77. The molecule has 13 heavy (non-hydrogen) atoms. The van der Waals surface area contributed by atoms with E-state index in [1.165, 1.54) is 7.11 Å². The Hall–Kier alpha value is -1.09. The highest BCUT2D eigenvalue weighted by atomic mass is 35.5. The lowest BCUT2D eigenvalue weighted by atomic mass is 10.2. The molecule has 0 aromatic carbocycles. The van der Waals surface area contributed by atoms with Crippen LogP contribution in [0.25, 0.3) is 0 Å². The van der Waals surface area contributed by atoms with Crippen LogP contribution in [0, 0.1) is 6.92 Å². The molecule has 0 unspecified atom stereocenters. The minimum absolute atomic E-state index is 0.171. The first-order valence-electron chi connectivity index (χ1n) is 3.81. The molecule has 0 spiro atoms. The average molecular weight is 200 g/mol. The van der Waals surface area contributed by atoms with E-state index >= 15 is 0 Å². The van der Waals surface area contributed by atoms with Crippen LogP contribution in [0.3, 0.4) is 0 Å². The Morgan fingerprint density at radius 3 is 3.00 bits per heavy atom. The first-order chi connectivity index (χ1) is 6.13. The smallest absolute Gasteiger partial charge is 0.310 e. The van der Waals surface area contributed by atoms with Crippen LogP contribution in [0.5, 0.6) is 0 Å². The molecule has 0 radical (unpaired) electrons. The van der Waals surface area contributed by atoms with Crippen molar-refractivity contribution in [2.45, 2.75) is 13.3 Å². The van der Waals surface area contributed by atoms with E-state index in [1.807, 2.05) is 13.0 Å². The molecule has 3 nitrogen and oxygen atoms in total. The van der Waals surface area contributed by atoms with Gasteiger partial charge in [-0.2, -0.15) is 0 Å². The number of hydrogen-bond donors (Lipinski definition) is 0. The molecule has 0 N–H and O–H groups in total. The molecule has 1 aromatic heterocycles. The van der Waals surface area contributed by atoms with E-state index in [0.29, 0.717) is 10.7 Å². The van der Waals surface area contributed by atoms with Crippen LogP contribution in [0.2, 0.25) is 5.15 Å². The molecule has 4 heteroatoms. The number of aryl methyl sites for hydroxylation is 1. The van der Waals surface area contributed by atoms with Crippen LogP contribution in [0.4, 0.5) is 0 Å². The number of halogens is 1. The summed E-state index contributed by atoms with van der Waals surface area (Å²) in [5.41, 5.74) is 1.68. The zero-order chi connectivity index (χ0) is 9.84. The molecule has 0 fully saturated rings. The fraction of sp³-hybridized carbons (Fsp3) is 0.333. The van der Waals surface area contributed by atoms with Gasteiger partial charge in [0.1, 0.15) is 5.15 Å². The summed E-state index contributed by atoms with van der Waals surface area (Å²) in [6.07, 6.45) is 1.83. The maximum Gasteiger partial charge on any atom is 0.310 e. The van der Waals surface area contributed by atoms with Gasteiger partial charge in [0.25, 0.3) is 0 Å². The van der Waals surface area contributed by atoms with Crippen molar-refractivity contribution in [2.24, 2.45) is 0 Å². The van der Waals surface area contributed by atoms with Crippen molar-refractivity contribution in [1.82, 2.24) is 4.98 Å². The summed E-state index contributed by atoms with van der Waals surface area (Å²) in [4.78, 5) is 14.9. The van der Waals surface area contributed by atoms with Crippen LogP contribution in [0.1, 0.15) is 11.1 Å². The monoisotopic (exact) mass is 199 g/mol. The van der Waals surface area contributed by atoms with Gasteiger partial charge < -0.3 is 4.74 Å². The number of hydrogen-bond acceptors (Lipinski definition) is 3. The van der Waals surface area contributed by atoms with Crippen LogP contribution in [-0.4, -0.2) is 18.1 Å². The van der Waals surface area contributed by atoms with Gasteiger partial charge in [-0.05, 0) is 12.5 Å². The van der Waals surface area contributed by atoms with Gasteiger partial charge in [0.05, 0.1) is 13.5 Å². The molecule has 0 atom stereocenters. The molecule has 0 bridgehead atoms. The second kappa shape index (κ2) is 4.23. The van der Waals surface area contributed by atoms with Crippen molar-refractivity contribution in [3.63, 3.8) is 0 Å². The molecule has 0 aliphatic heterocycles. The zero-order valence-electron chi connectivity index (χ0n) is 7.50. The summed E-state index contributed by atoms with van der Waals surface area (Å²) >= 11 is 5.78. The number of pyridine rings is 1. The average Bonchev–Trinajstić information content (AvgIpc) is 2.11. The van der Waals surface area contributed by atoms with Gasteiger partial charge in [-0.1, -0.05) is 17.7 Å². The zero-order valence-corrected chi connectivity index (χ0v) is 8.26. The lowest BCUT2D eigenvalue weighted by Crippen LogP contribution is -2.05. The van der Waals surface area contributed by atoms with Crippen molar-refractivity contribution in [3.8, 4) is 0 Å². The highest BCUT2D eigenvalue weighted by Gasteiger charge is 2.07. The van der Waals surface area contributed by atoms with Gasteiger partial charge in [-0.25, -0.2) is 4.98 Å². The van der Waals surface area contributed by atoms with E-state index in [1.54, 1.807) is 6.20 Å². The van der Waals surface area contributed by atoms with Gasteiger partial charge in [-0.3, -0.25) is 4.79 Å². The largest absolute Gasteiger partial charge is 0.469 e. The summed E-state index contributed by atoms with van der Waals surface area (Å²) in [6, 6.07) is 1.83. The predicted molar refractivity (Wildman–Crippen MR) is 49.7 cm³/mol. The highest BCUT2D eigenvalue weighted by Crippen LogP contribution is 2.14. The molecule has 1 rings (SSSR count). The topological polar surface area (TPSA) is 39.2 Å². The van der Waals surface area contributed by atoms with Crippen LogP contribution in [-0.2, 0) is 16.0 Å². The highest BCUT2D eigenvalue weighted by molar-refractivity contribution is 6.30. The molecule has 0 amide bonds. The Balaban J connectivity index is 2.87. The summed E-state index contributed by atoms with van der Waals surface area (Å²) in [7, 11) is 1.35. The Morgan fingerprint density at radius 2 is 2.38 bits per heavy atom. The van der Waals surface area contributed by atoms with Crippen molar-refractivity contribution in [2.75, 3.05) is 7.11 Å². The molecule has 0 saturated carbocycles. The molecule has 0 aliphatic carbocycles. The number of carbonyl (C=O) groups excluding carboxylic acids is 1. The summed E-state index contributed by atoms with van der Waals surface area (Å²) in [6.45, 7) is 1.89. The predicted octanol–water partition coefficient (Wildman–Crippen LogP) is 1.76. The van der Waals surface area contributed by atoms with Gasteiger partial charge in [0.2, 0.25) is 0 Å². The standard InChI is InChI=1S/C9H10ClNO2/c1-6-3-7(4-8(12)13-2)9(10)11-5-6/h3,5H,4H2,1-2H3. The van der Waals surface area contributed by atoms with Crippen molar-refractivity contribution in [1.29, 1.82) is 0 Å². The molecule has 1 aromatic rings. The van der Waals surface area contributed by atoms with Crippen molar-refractivity contribution < 1.29 is 9.53 Å². The maximum absolute atomic E-state index is 10.9. The quantitative estimate of drug-likeness (QED) is 0.538. The Kier molecular flexibility index (Phi) is 3.25. The number of rotatable bonds is 2. The second-order valence-electron chi connectivity index (χ2n) is 2.72. The molecule has 0 saturated heterocycles. The third-order valence-corrected chi connectivity index (χ3v) is 1.95. The van der Waals surface area contributed by atoms with E-state index < -0.39 is 0 Å². The van der Waals surface area contributed by atoms with E-state index in [2.05, 4.69) is 9.72 Å². The minimum Gasteiger partial charge on any atom is -0.469 e. The summed E-state index contributed by atoms with van der Waals surface area (Å²) in [5, 5.41) is 0.357. The van der Waals surface area contributed by atoms with E-state index in [9.17, 15) is 4.79 Å². The number of carbonyl (C=O) groups is 1. The first-order valence-corrected chi connectivity index (χ1v) is 4.19. The number of nitrogens with zero attached hydrogens (tertiary/aromatic N) is 1. The fourth-order valence-corrected chi connectivity index (χ4v) is 1.13. The molecule has 0 aliphatic rings. The molecule has 1 heterocycles. The number of aromatic nitrogens is 1. The summed E-state index contributed by atoms with van der Waals surface area (Å²) in [5.74, 6) is -0.311. The van der Waals surface area contributed by atoms with Crippen LogP contribution < -0.4 is 0 Å². The SMILES string of the molecule is COC(=O)Cc1cc(C)cnc1Cl. The maximum atomic E-state index is 10.9. The van der Waals surface area contributed by atoms with E-state index in [4.69, 9.17) is 11.6 Å². The van der Waals surface area contributed by atoms with Gasteiger partial charge in [0, 0.05) is 11.8 Å². The molecule has 70 valence electrons. The second-order valence-corrected chi connectivity index (χ2v) is 3.07. The van der Waals surface area contributed by atoms with Crippen molar-refractivity contribution >= 4 is 17.6 Å². The Bertz CT molecular complexity index is 325. The lowest BCUT2D eigenvalue weighted by Gasteiger charge is -2.02. The number of methoxy groups -OCH3 is 1. The van der Waals surface area contributed by atoms with Gasteiger partial charge in [0.15, 0.2) is 0 Å². The first kappa shape index (κ1) is 9.99. The van der Waals surface area contributed by atoms with Crippen LogP contribution in [0.15, 0.2) is 12.3 Å². The van der Waals surface area contributed by atoms with Crippen molar-refractivity contribution in [3.05, 3.63) is 28.5 Å².